The standard InChI is InChI=1S/C13H20N4O2/c18-13(19)12-8-17(16-15-12)4-3-14-7-11-6-9-1-2-10(11)5-9/h8-11,14H,1-7H2,(H,18,19). The molecule has 0 spiro atoms. The maximum absolute atomic E-state index is 10.7. The summed E-state index contributed by atoms with van der Waals surface area (Å²) < 4.78 is 1.58. The number of nitrogens with zero attached hydrogens (tertiary/aromatic N) is 3. The summed E-state index contributed by atoms with van der Waals surface area (Å²) >= 11 is 0. The van der Waals surface area contributed by atoms with Crippen molar-refractivity contribution in [3.63, 3.8) is 0 Å². The monoisotopic (exact) mass is 264 g/mol. The van der Waals surface area contributed by atoms with Crippen molar-refractivity contribution in [1.82, 2.24) is 20.3 Å². The number of hydrogen-bond acceptors (Lipinski definition) is 4. The Labute approximate surface area is 112 Å². The minimum absolute atomic E-state index is 0.00750. The highest BCUT2D eigenvalue weighted by Gasteiger charge is 2.38. The second-order valence-corrected chi connectivity index (χ2v) is 5.81. The second-order valence-electron chi connectivity index (χ2n) is 5.81. The lowest BCUT2D eigenvalue weighted by molar-refractivity contribution is 0.0690. The van der Waals surface area contributed by atoms with Crippen LogP contribution in [0.25, 0.3) is 0 Å². The fourth-order valence-corrected chi connectivity index (χ4v) is 3.61. The number of carboxylic acid groups (broad SMARTS) is 1. The van der Waals surface area contributed by atoms with Crippen LogP contribution in [0.15, 0.2) is 6.20 Å². The van der Waals surface area contributed by atoms with E-state index in [2.05, 4.69) is 15.6 Å². The van der Waals surface area contributed by atoms with Crippen LogP contribution in [0.3, 0.4) is 0 Å². The number of aromatic nitrogens is 3. The molecule has 3 atom stereocenters. The van der Waals surface area contributed by atoms with Crippen LogP contribution in [0.2, 0.25) is 0 Å². The average molecular weight is 264 g/mol. The Hall–Kier alpha value is -1.43. The van der Waals surface area contributed by atoms with Gasteiger partial charge in [-0.05, 0) is 43.6 Å². The van der Waals surface area contributed by atoms with Gasteiger partial charge >= 0.3 is 5.97 Å². The predicted octanol–water partition coefficient (Wildman–Crippen LogP) is 1.00. The first kappa shape index (κ1) is 12.6. The summed E-state index contributed by atoms with van der Waals surface area (Å²) in [5.41, 5.74) is 0.00750. The number of carbonyl (C=O) groups is 1. The van der Waals surface area contributed by atoms with Crippen molar-refractivity contribution in [3.8, 4) is 0 Å². The van der Waals surface area contributed by atoms with Gasteiger partial charge in [-0.1, -0.05) is 11.6 Å². The van der Waals surface area contributed by atoms with Gasteiger partial charge in [-0.2, -0.15) is 0 Å². The van der Waals surface area contributed by atoms with Crippen molar-refractivity contribution in [2.45, 2.75) is 32.2 Å². The number of fused-ring (bicyclic) bond motifs is 2. The average Bonchev–Trinajstić information content (AvgIpc) is 3.10. The Morgan fingerprint density at radius 2 is 2.37 bits per heavy atom. The van der Waals surface area contributed by atoms with Gasteiger partial charge in [0.25, 0.3) is 0 Å². The number of carboxylic acids is 1. The maximum atomic E-state index is 10.7. The van der Waals surface area contributed by atoms with Gasteiger partial charge in [0.2, 0.25) is 0 Å². The number of aromatic carboxylic acids is 1. The number of nitrogens with one attached hydrogen (secondary N) is 1. The molecular formula is C13H20N4O2. The van der Waals surface area contributed by atoms with Crippen LogP contribution >= 0.6 is 0 Å². The maximum Gasteiger partial charge on any atom is 0.358 e. The molecule has 3 unspecified atom stereocenters. The molecule has 104 valence electrons. The van der Waals surface area contributed by atoms with Crippen molar-refractivity contribution in [2.75, 3.05) is 13.1 Å². The summed E-state index contributed by atoms with van der Waals surface area (Å²) in [5.74, 6) is 1.76. The predicted molar refractivity (Wildman–Crippen MR) is 68.8 cm³/mol. The topological polar surface area (TPSA) is 80.0 Å². The first-order chi connectivity index (χ1) is 9.22. The van der Waals surface area contributed by atoms with E-state index in [9.17, 15) is 4.79 Å². The summed E-state index contributed by atoms with van der Waals surface area (Å²) in [7, 11) is 0. The lowest BCUT2D eigenvalue weighted by atomic mass is 9.89. The first-order valence-electron chi connectivity index (χ1n) is 7.06. The molecule has 0 amide bonds. The largest absolute Gasteiger partial charge is 0.476 e. The minimum Gasteiger partial charge on any atom is -0.476 e. The number of hydrogen-bond donors (Lipinski definition) is 2. The Kier molecular flexibility index (Phi) is 3.50. The quantitative estimate of drug-likeness (QED) is 0.749. The van der Waals surface area contributed by atoms with Gasteiger partial charge in [0.15, 0.2) is 5.69 Å². The molecule has 0 aliphatic heterocycles. The Bertz CT molecular complexity index is 459. The van der Waals surface area contributed by atoms with Crippen LogP contribution in [-0.4, -0.2) is 39.2 Å². The molecule has 2 aliphatic carbocycles. The molecule has 2 aliphatic rings. The molecular weight excluding hydrogens is 244 g/mol. The third-order valence-electron chi connectivity index (χ3n) is 4.57. The molecule has 2 bridgehead atoms. The summed E-state index contributed by atoms with van der Waals surface area (Å²) in [6.45, 7) is 2.57. The van der Waals surface area contributed by atoms with Crippen LogP contribution in [0.1, 0.15) is 36.2 Å². The third-order valence-corrected chi connectivity index (χ3v) is 4.57. The van der Waals surface area contributed by atoms with E-state index in [1.165, 1.54) is 31.9 Å². The van der Waals surface area contributed by atoms with Crippen molar-refractivity contribution in [1.29, 1.82) is 0 Å². The third kappa shape index (κ3) is 2.78. The van der Waals surface area contributed by atoms with Crippen molar-refractivity contribution < 1.29 is 9.90 Å². The molecule has 2 fully saturated rings. The highest BCUT2D eigenvalue weighted by atomic mass is 16.4. The molecule has 3 rings (SSSR count). The van der Waals surface area contributed by atoms with E-state index in [1.54, 1.807) is 4.68 Å². The van der Waals surface area contributed by atoms with Gasteiger partial charge in [0.1, 0.15) is 0 Å². The normalized spacial score (nSPS) is 28.9. The molecule has 2 N–H and O–H groups in total. The zero-order valence-corrected chi connectivity index (χ0v) is 11.0. The molecule has 1 aromatic heterocycles. The fraction of sp³-hybridized carbons (Fsp3) is 0.769. The second kappa shape index (κ2) is 5.28. The van der Waals surface area contributed by atoms with E-state index in [0.29, 0.717) is 6.54 Å². The summed E-state index contributed by atoms with van der Waals surface area (Å²) in [6, 6.07) is 0. The Balaban J connectivity index is 1.37. The molecule has 1 aromatic rings. The lowest BCUT2D eigenvalue weighted by Gasteiger charge is -2.21. The SMILES string of the molecule is O=C(O)c1cn(CCNCC2CC3CCC2C3)nn1. The summed E-state index contributed by atoms with van der Waals surface area (Å²) in [4.78, 5) is 10.7. The lowest BCUT2D eigenvalue weighted by Crippen LogP contribution is -2.29. The van der Waals surface area contributed by atoms with Crippen LogP contribution in [0.4, 0.5) is 0 Å². The Morgan fingerprint density at radius 1 is 1.47 bits per heavy atom. The van der Waals surface area contributed by atoms with Crippen molar-refractivity contribution >= 4 is 5.97 Å². The van der Waals surface area contributed by atoms with Crippen LogP contribution < -0.4 is 5.32 Å². The van der Waals surface area contributed by atoms with Crippen molar-refractivity contribution in [3.05, 3.63) is 11.9 Å². The van der Waals surface area contributed by atoms with Gasteiger partial charge in [-0.15, -0.1) is 5.10 Å². The molecule has 2 saturated carbocycles. The molecule has 0 radical (unpaired) electrons. The van der Waals surface area contributed by atoms with Gasteiger partial charge in [-0.25, -0.2) is 4.79 Å². The van der Waals surface area contributed by atoms with Gasteiger partial charge < -0.3 is 10.4 Å². The van der Waals surface area contributed by atoms with E-state index >= 15 is 0 Å². The van der Waals surface area contributed by atoms with E-state index in [4.69, 9.17) is 5.11 Å². The smallest absolute Gasteiger partial charge is 0.358 e. The highest BCUT2D eigenvalue weighted by Crippen LogP contribution is 2.47. The highest BCUT2D eigenvalue weighted by molar-refractivity contribution is 5.84. The summed E-state index contributed by atoms with van der Waals surface area (Å²) in [6.07, 6.45) is 7.17. The van der Waals surface area contributed by atoms with Crippen LogP contribution in [0, 0.1) is 17.8 Å². The zero-order valence-electron chi connectivity index (χ0n) is 11.0. The van der Waals surface area contributed by atoms with Gasteiger partial charge in [0.05, 0.1) is 12.7 Å². The van der Waals surface area contributed by atoms with E-state index in [0.717, 1.165) is 30.8 Å². The van der Waals surface area contributed by atoms with Gasteiger partial charge in [0, 0.05) is 6.54 Å². The molecule has 6 heteroatoms. The molecule has 19 heavy (non-hydrogen) atoms. The van der Waals surface area contributed by atoms with Gasteiger partial charge in [-0.3, -0.25) is 4.68 Å². The zero-order chi connectivity index (χ0) is 13.2. The van der Waals surface area contributed by atoms with Crippen LogP contribution in [0.5, 0.6) is 0 Å². The van der Waals surface area contributed by atoms with Crippen LogP contribution in [-0.2, 0) is 6.54 Å². The van der Waals surface area contributed by atoms with E-state index in [-0.39, 0.29) is 5.69 Å². The van der Waals surface area contributed by atoms with Crippen molar-refractivity contribution in [2.24, 2.45) is 17.8 Å². The summed E-state index contributed by atoms with van der Waals surface area (Å²) in [5, 5.41) is 19.6. The molecule has 0 aromatic carbocycles. The molecule has 0 saturated heterocycles. The minimum atomic E-state index is -1.03. The molecule has 6 nitrogen and oxygen atoms in total. The Morgan fingerprint density at radius 3 is 3.00 bits per heavy atom. The fourth-order valence-electron chi connectivity index (χ4n) is 3.61. The van der Waals surface area contributed by atoms with E-state index in [1.807, 2.05) is 0 Å². The van der Waals surface area contributed by atoms with E-state index < -0.39 is 5.97 Å². The first-order valence-corrected chi connectivity index (χ1v) is 7.06. The molecule has 1 heterocycles. The number of rotatable bonds is 6.